The number of rotatable bonds is 45. The summed E-state index contributed by atoms with van der Waals surface area (Å²) in [5.74, 6) is -0.683. The molecule has 0 saturated carbocycles. The Labute approximate surface area is 326 Å². The molecule has 1 atom stereocenters. The average molecular weight is 735 g/mol. The second-order valence-corrected chi connectivity index (χ2v) is 16.7. The molecule has 52 heavy (non-hydrogen) atoms. The smallest absolute Gasteiger partial charge is 0.306 e. The van der Waals surface area contributed by atoms with Gasteiger partial charge in [-0.3, -0.25) is 9.59 Å². The van der Waals surface area contributed by atoms with Gasteiger partial charge < -0.3 is 9.84 Å². The maximum Gasteiger partial charge on any atom is 0.306 e. The van der Waals surface area contributed by atoms with Gasteiger partial charge in [-0.05, 0) is 38.5 Å². The maximum atomic E-state index is 12.7. The fraction of sp³-hybridized carbons (Fsp3) is 0.958. The van der Waals surface area contributed by atoms with Crippen LogP contribution in [0.25, 0.3) is 0 Å². The zero-order chi connectivity index (χ0) is 37.8. The minimum atomic E-state index is -0.695. The Balaban J connectivity index is 3.79. The van der Waals surface area contributed by atoms with Crippen molar-refractivity contribution in [3.63, 3.8) is 0 Å². The molecule has 0 aromatic rings. The molecule has 4 heteroatoms. The van der Waals surface area contributed by atoms with Crippen molar-refractivity contribution in [1.82, 2.24) is 0 Å². The van der Waals surface area contributed by atoms with Gasteiger partial charge in [0.05, 0.1) is 0 Å². The summed E-state index contributed by atoms with van der Waals surface area (Å²) in [6.45, 7) is 4.58. The van der Waals surface area contributed by atoms with Crippen molar-refractivity contribution in [2.75, 3.05) is 0 Å². The van der Waals surface area contributed by atoms with Crippen LogP contribution >= 0.6 is 0 Å². The second kappa shape index (κ2) is 44.3. The summed E-state index contributed by atoms with van der Waals surface area (Å²) in [5.41, 5.74) is 0. The normalized spacial score (nSPS) is 12.0. The monoisotopic (exact) mass is 735 g/mol. The van der Waals surface area contributed by atoms with Gasteiger partial charge in [-0.15, -0.1) is 0 Å². The number of ether oxygens (including phenoxy) is 1. The van der Waals surface area contributed by atoms with Crippen molar-refractivity contribution in [3.8, 4) is 0 Å². The van der Waals surface area contributed by atoms with Crippen molar-refractivity contribution in [2.45, 2.75) is 296 Å². The van der Waals surface area contributed by atoms with Crippen molar-refractivity contribution in [2.24, 2.45) is 0 Å². The van der Waals surface area contributed by atoms with Crippen LogP contribution in [-0.4, -0.2) is 23.1 Å². The molecule has 0 radical (unpaired) electrons. The third-order valence-corrected chi connectivity index (χ3v) is 11.3. The quantitative estimate of drug-likeness (QED) is 0.0500. The Morgan fingerprint density at radius 2 is 0.577 bits per heavy atom. The molecule has 0 amide bonds. The van der Waals surface area contributed by atoms with Crippen LogP contribution in [0.4, 0.5) is 0 Å². The summed E-state index contributed by atoms with van der Waals surface area (Å²) in [5, 5.41) is 8.84. The van der Waals surface area contributed by atoms with Crippen molar-refractivity contribution >= 4 is 11.9 Å². The lowest BCUT2D eigenvalue weighted by Crippen LogP contribution is -2.18. The topological polar surface area (TPSA) is 63.6 Å². The van der Waals surface area contributed by atoms with E-state index in [1.165, 1.54) is 199 Å². The number of aliphatic carboxylic acids is 1. The fourth-order valence-corrected chi connectivity index (χ4v) is 7.78. The number of carbonyl (C=O) groups is 2. The molecule has 0 rings (SSSR count). The van der Waals surface area contributed by atoms with E-state index < -0.39 is 5.97 Å². The van der Waals surface area contributed by atoms with Crippen LogP contribution in [0.5, 0.6) is 0 Å². The van der Waals surface area contributed by atoms with Crippen molar-refractivity contribution in [1.29, 1.82) is 0 Å². The molecule has 0 saturated heterocycles. The van der Waals surface area contributed by atoms with E-state index in [4.69, 9.17) is 9.84 Å². The first-order chi connectivity index (χ1) is 25.6. The van der Waals surface area contributed by atoms with Gasteiger partial charge in [-0.25, -0.2) is 0 Å². The number of esters is 1. The third-order valence-electron chi connectivity index (χ3n) is 11.3. The van der Waals surface area contributed by atoms with Crippen LogP contribution in [0.1, 0.15) is 290 Å². The van der Waals surface area contributed by atoms with Crippen LogP contribution in [0.3, 0.4) is 0 Å². The number of hydrogen-bond donors (Lipinski definition) is 1. The number of carbonyl (C=O) groups excluding carboxylic acids is 1. The molecular formula is C48H94O4. The Bertz CT molecular complexity index is 706. The van der Waals surface area contributed by atoms with Gasteiger partial charge in [0.1, 0.15) is 6.10 Å². The zero-order valence-corrected chi connectivity index (χ0v) is 35.7. The van der Waals surface area contributed by atoms with Crippen LogP contribution in [-0.2, 0) is 14.3 Å². The van der Waals surface area contributed by atoms with E-state index >= 15 is 0 Å². The highest BCUT2D eigenvalue weighted by Crippen LogP contribution is 2.20. The molecule has 0 bridgehead atoms. The molecule has 0 aliphatic heterocycles. The second-order valence-electron chi connectivity index (χ2n) is 16.7. The number of carboxylic acids is 1. The average Bonchev–Trinajstić information content (AvgIpc) is 3.13. The standard InChI is InChI=1S/C48H94O4/c1-3-5-7-9-11-13-15-16-17-18-19-20-21-22-23-24-25-26-28-30-32-37-41-45-48(51)52-46(43-39-35-33-36-40-44-47(49)50)42-38-34-31-29-27-14-12-10-8-6-4-2/h46H,3-45H2,1-2H3,(H,49,50). The Morgan fingerprint density at radius 3 is 0.846 bits per heavy atom. The van der Waals surface area contributed by atoms with Gasteiger partial charge in [0.2, 0.25) is 0 Å². The van der Waals surface area contributed by atoms with Crippen molar-refractivity contribution in [3.05, 3.63) is 0 Å². The lowest BCUT2D eigenvalue weighted by Gasteiger charge is -2.18. The van der Waals surface area contributed by atoms with E-state index in [-0.39, 0.29) is 18.5 Å². The maximum absolute atomic E-state index is 12.7. The molecule has 0 fully saturated rings. The predicted molar refractivity (Wildman–Crippen MR) is 227 cm³/mol. The van der Waals surface area contributed by atoms with Gasteiger partial charge in [-0.2, -0.15) is 0 Å². The molecule has 0 aromatic heterocycles. The van der Waals surface area contributed by atoms with Crippen LogP contribution < -0.4 is 0 Å². The highest BCUT2D eigenvalue weighted by atomic mass is 16.5. The van der Waals surface area contributed by atoms with E-state index in [0.29, 0.717) is 6.42 Å². The summed E-state index contributed by atoms with van der Waals surface area (Å²) in [6.07, 6.45) is 54.4. The summed E-state index contributed by atoms with van der Waals surface area (Å²) in [4.78, 5) is 23.5. The van der Waals surface area contributed by atoms with E-state index in [9.17, 15) is 9.59 Å². The first kappa shape index (κ1) is 50.9. The highest BCUT2D eigenvalue weighted by molar-refractivity contribution is 5.69. The first-order valence-corrected chi connectivity index (χ1v) is 24.0. The summed E-state index contributed by atoms with van der Waals surface area (Å²) < 4.78 is 6.03. The van der Waals surface area contributed by atoms with Crippen LogP contribution in [0.2, 0.25) is 0 Å². The first-order valence-electron chi connectivity index (χ1n) is 24.0. The molecular weight excluding hydrogens is 641 g/mol. The van der Waals surface area contributed by atoms with Gasteiger partial charge in [-0.1, -0.05) is 239 Å². The predicted octanol–water partition coefficient (Wildman–Crippen LogP) is 16.8. The largest absolute Gasteiger partial charge is 0.481 e. The molecule has 1 unspecified atom stereocenters. The summed E-state index contributed by atoms with van der Waals surface area (Å²) >= 11 is 0. The van der Waals surface area contributed by atoms with Gasteiger partial charge in [0.25, 0.3) is 0 Å². The summed E-state index contributed by atoms with van der Waals surface area (Å²) in [6, 6.07) is 0. The lowest BCUT2D eigenvalue weighted by molar-refractivity contribution is -0.150. The van der Waals surface area contributed by atoms with Gasteiger partial charge in [0, 0.05) is 12.8 Å². The lowest BCUT2D eigenvalue weighted by atomic mass is 10.0. The zero-order valence-electron chi connectivity index (χ0n) is 35.7. The molecule has 4 nitrogen and oxygen atoms in total. The number of hydrogen-bond acceptors (Lipinski definition) is 3. The molecule has 1 N–H and O–H groups in total. The molecule has 0 aliphatic carbocycles. The van der Waals surface area contributed by atoms with Crippen LogP contribution in [0.15, 0.2) is 0 Å². The minimum absolute atomic E-state index is 0.0121. The van der Waals surface area contributed by atoms with E-state index in [0.717, 1.165) is 64.2 Å². The van der Waals surface area contributed by atoms with E-state index in [1.54, 1.807) is 0 Å². The minimum Gasteiger partial charge on any atom is -0.481 e. The highest BCUT2D eigenvalue weighted by Gasteiger charge is 2.14. The molecule has 310 valence electrons. The Hall–Kier alpha value is -1.06. The molecule has 0 spiro atoms. The summed E-state index contributed by atoms with van der Waals surface area (Å²) in [7, 11) is 0. The third kappa shape index (κ3) is 43.3. The Morgan fingerprint density at radius 1 is 0.346 bits per heavy atom. The number of unbranched alkanes of at least 4 members (excludes halogenated alkanes) is 36. The van der Waals surface area contributed by atoms with Crippen LogP contribution in [0, 0.1) is 0 Å². The number of carboxylic acid groups (broad SMARTS) is 1. The van der Waals surface area contributed by atoms with Gasteiger partial charge >= 0.3 is 11.9 Å². The SMILES string of the molecule is CCCCCCCCCCCCCCCCCCCCCCCCCC(=O)OC(CCCCCCCCCCCCC)CCCCCCCC(=O)O. The molecule has 0 aromatic carbocycles. The Kier molecular flexibility index (Phi) is 43.4. The van der Waals surface area contributed by atoms with Gasteiger partial charge in [0.15, 0.2) is 0 Å². The molecule has 0 heterocycles. The fourth-order valence-electron chi connectivity index (χ4n) is 7.78. The van der Waals surface area contributed by atoms with E-state index in [2.05, 4.69) is 13.8 Å². The van der Waals surface area contributed by atoms with Crippen molar-refractivity contribution < 1.29 is 19.4 Å². The van der Waals surface area contributed by atoms with E-state index in [1.807, 2.05) is 0 Å². The molecule has 0 aliphatic rings.